The molecular weight excluding hydrogens is 1200 g/mol. The van der Waals surface area contributed by atoms with Crippen LogP contribution in [-0.2, 0) is 58.1 Å². The summed E-state index contributed by atoms with van der Waals surface area (Å²) in [7, 11) is 0. The van der Waals surface area contributed by atoms with Gasteiger partial charge in [0.1, 0.15) is 34.6 Å². The first-order valence-corrected chi connectivity index (χ1v) is 18.5. The van der Waals surface area contributed by atoms with Crippen LogP contribution in [0.3, 0.4) is 0 Å². The van der Waals surface area contributed by atoms with Crippen molar-refractivity contribution < 1.29 is 158 Å². The van der Waals surface area contributed by atoms with Gasteiger partial charge in [-0.25, -0.2) is 43.9 Å². The van der Waals surface area contributed by atoms with Gasteiger partial charge in [0.2, 0.25) is 11.6 Å². The summed E-state index contributed by atoms with van der Waals surface area (Å²) < 4.78 is 194. The Morgan fingerprint density at radius 1 is 0.375 bits per heavy atom. The average Bonchev–Trinajstić information content (AvgIpc) is 3.31. The van der Waals surface area contributed by atoms with Gasteiger partial charge in [-0.1, -0.05) is 75.6 Å². The van der Waals surface area contributed by atoms with Crippen LogP contribution in [0, 0.1) is 81.9 Å². The monoisotopic (exact) mass is 1230 g/mol. The third kappa shape index (κ3) is 24.9. The topological polar surface area (TPSA) is 195 Å². The molecule has 72 heavy (non-hydrogen) atoms. The minimum atomic E-state index is -5.19. The van der Waals surface area contributed by atoms with Gasteiger partial charge in [-0.3, -0.25) is 9.59 Å². The molecule has 0 amide bonds. The van der Waals surface area contributed by atoms with Crippen LogP contribution in [-0.4, -0.2) is 47.8 Å². The number of carboxylic acid groups (broad SMARTS) is 4. The van der Waals surface area contributed by atoms with Crippen LogP contribution < -0.4 is 20.4 Å². The third-order valence-corrected chi connectivity index (χ3v) is 7.36. The molecule has 0 bridgehead atoms. The zero-order valence-corrected chi connectivity index (χ0v) is 39.5. The third-order valence-electron chi connectivity index (χ3n) is 7.36. The molecule has 0 saturated heterocycles. The molecule has 0 atom stereocenters. The second-order valence-electron chi connectivity index (χ2n) is 12.2. The molecule has 0 spiro atoms. The zero-order chi connectivity index (χ0) is 55.0. The maximum Gasteiger partial charge on any atom is 2.00 e. The SMILES string of the molecule is CCC(=O)CC.CCC(=O)CC.O=C([O-])C(F)(F)F.O=C([O-])C(F)(F)F.O=C([O-])c1ccc(C#Cc2c(F)c(F)c(F)c(F)c2F)cc1.O=C([O-])c1ccc(C#Cc2c(F)c(F)c(F)c(F)c2F)cc1.[Rh+2].[Rh+2]. The standard InChI is InChI=1S/2C15H5F5O2.2C5H10O.2C2HF3O2.2Rh/c2*16-10-9(11(17)13(19)14(20)12(10)18)6-3-7-1-4-8(5-2-7)15(21)22;2*1-3-5(6)4-2;2*3-2(4,5)1(6)7;;/h2*1-2,4-5H,(H,21,22);2*3-4H2,1-2H3;2*(H,6,7);;/q;;;;;;2*+2/p-4. The van der Waals surface area contributed by atoms with E-state index in [1.807, 2.05) is 39.5 Å². The Labute approximate surface area is 421 Å². The number of alkyl halides is 6. The fourth-order valence-corrected chi connectivity index (χ4v) is 3.58. The molecule has 10 nitrogen and oxygen atoms in total. The zero-order valence-electron chi connectivity index (χ0n) is 36.2. The summed E-state index contributed by atoms with van der Waals surface area (Å²) in [5.74, 6) is -21.1. The van der Waals surface area contributed by atoms with Crippen molar-refractivity contribution in [2.75, 3.05) is 0 Å². The Morgan fingerprint density at radius 2 is 0.556 bits per heavy atom. The molecule has 0 aliphatic rings. The molecule has 0 aliphatic carbocycles. The second kappa shape index (κ2) is 33.8. The molecular formula is C44H28F16O10Rh2. The number of carbonyl (C=O) groups is 6. The molecule has 0 aliphatic heterocycles. The Hall–Kier alpha value is -6.65. The quantitative estimate of drug-likeness (QED) is 0.0768. The van der Waals surface area contributed by atoms with Crippen LogP contribution in [0.1, 0.15) is 96.3 Å². The minimum Gasteiger partial charge on any atom is -0.545 e. The van der Waals surface area contributed by atoms with E-state index in [2.05, 4.69) is 11.8 Å². The van der Waals surface area contributed by atoms with Crippen molar-refractivity contribution in [3.05, 3.63) is 140 Å². The first kappa shape index (κ1) is 71.9. The van der Waals surface area contributed by atoms with Gasteiger partial charge in [0.25, 0.3) is 0 Å². The van der Waals surface area contributed by atoms with Crippen molar-refractivity contribution in [2.45, 2.75) is 65.7 Å². The predicted octanol–water partition coefficient (Wildman–Crippen LogP) is 5.63. The van der Waals surface area contributed by atoms with E-state index in [9.17, 15) is 99.6 Å². The van der Waals surface area contributed by atoms with E-state index in [0.717, 1.165) is 24.3 Å². The van der Waals surface area contributed by atoms with Crippen molar-refractivity contribution in [1.29, 1.82) is 0 Å². The molecule has 0 aromatic heterocycles. The summed E-state index contributed by atoms with van der Waals surface area (Å²) in [5.41, 5.74) is -2.59. The molecule has 0 N–H and O–H groups in total. The van der Waals surface area contributed by atoms with E-state index in [1.165, 1.54) is 24.3 Å². The number of carboxylic acids is 4. The molecule has 0 unspecified atom stereocenters. The van der Waals surface area contributed by atoms with Crippen LogP contribution in [0.25, 0.3) is 0 Å². The molecule has 4 rings (SSSR count). The summed E-state index contributed by atoms with van der Waals surface area (Å²) in [6.07, 6.45) is -7.63. The van der Waals surface area contributed by atoms with Crippen LogP contribution in [0.4, 0.5) is 70.2 Å². The van der Waals surface area contributed by atoms with Crippen molar-refractivity contribution in [3.63, 3.8) is 0 Å². The Bertz CT molecular complexity index is 2380. The largest absolute Gasteiger partial charge is 2.00 e. The van der Waals surface area contributed by atoms with E-state index < -0.39 is 106 Å². The van der Waals surface area contributed by atoms with E-state index in [1.54, 1.807) is 0 Å². The van der Waals surface area contributed by atoms with Crippen molar-refractivity contribution in [2.24, 2.45) is 0 Å². The summed E-state index contributed by atoms with van der Waals surface area (Å²) in [6.45, 7) is 7.52. The van der Waals surface area contributed by atoms with Crippen LogP contribution >= 0.6 is 0 Å². The van der Waals surface area contributed by atoms with Crippen LogP contribution in [0.15, 0.2) is 48.5 Å². The number of ketones is 2. The van der Waals surface area contributed by atoms with Crippen molar-refractivity contribution in [3.8, 4) is 23.7 Å². The molecule has 394 valence electrons. The van der Waals surface area contributed by atoms with E-state index in [4.69, 9.17) is 19.8 Å². The number of carbonyl (C=O) groups excluding carboxylic acids is 6. The molecule has 28 heteroatoms. The van der Waals surface area contributed by atoms with E-state index >= 15 is 0 Å². The van der Waals surface area contributed by atoms with Gasteiger partial charge in [-0.15, -0.1) is 0 Å². The summed E-state index contributed by atoms with van der Waals surface area (Å²) in [4.78, 5) is 59.0. The summed E-state index contributed by atoms with van der Waals surface area (Å²) in [6, 6.07) is 9.29. The first-order valence-electron chi connectivity index (χ1n) is 18.5. The van der Waals surface area contributed by atoms with Gasteiger partial charge in [0.15, 0.2) is 46.5 Å². The Kier molecular flexibility index (Phi) is 33.8. The molecule has 2 radical (unpaired) electrons. The second-order valence-corrected chi connectivity index (χ2v) is 12.2. The van der Waals surface area contributed by atoms with Gasteiger partial charge in [-0.05, 0) is 35.4 Å². The number of hydrogen-bond donors (Lipinski definition) is 0. The average molecular weight is 1230 g/mol. The fourth-order valence-electron chi connectivity index (χ4n) is 3.58. The fraction of sp³-hybridized carbons (Fsp3) is 0.227. The molecule has 0 fully saturated rings. The summed E-state index contributed by atoms with van der Waals surface area (Å²) >= 11 is 0. The minimum absolute atomic E-state index is 0. The number of hydrogen-bond acceptors (Lipinski definition) is 10. The number of benzene rings is 4. The summed E-state index contributed by atoms with van der Waals surface area (Å²) in [5, 5.41) is 38.6. The van der Waals surface area contributed by atoms with Crippen LogP contribution in [0.5, 0.6) is 0 Å². The number of halogens is 16. The first-order chi connectivity index (χ1) is 32.2. The Balaban J connectivity index is -0.000000427. The maximum atomic E-state index is 13.4. The van der Waals surface area contributed by atoms with Crippen LogP contribution in [0.2, 0.25) is 0 Å². The van der Waals surface area contributed by atoms with Gasteiger partial charge < -0.3 is 39.6 Å². The molecule has 0 saturated carbocycles. The van der Waals surface area contributed by atoms with Gasteiger partial charge in [-0.2, -0.15) is 26.3 Å². The van der Waals surface area contributed by atoms with Crippen molar-refractivity contribution >= 4 is 35.4 Å². The van der Waals surface area contributed by atoms with Gasteiger partial charge in [0.05, 0.1) is 11.9 Å². The molecule has 4 aromatic rings. The van der Waals surface area contributed by atoms with Gasteiger partial charge in [0, 0.05) is 36.8 Å². The van der Waals surface area contributed by atoms with Crippen molar-refractivity contribution in [1.82, 2.24) is 0 Å². The number of aliphatic carboxylic acids is 2. The maximum absolute atomic E-state index is 13.4. The number of Topliss-reactive ketones (excluding diaryl/α,β-unsaturated/α-hetero) is 2. The number of aromatic carboxylic acids is 2. The molecule has 4 aromatic carbocycles. The number of rotatable bonds is 6. The molecule has 0 heterocycles. The van der Waals surface area contributed by atoms with E-state index in [0.29, 0.717) is 37.2 Å². The van der Waals surface area contributed by atoms with Gasteiger partial charge >= 0.3 is 51.3 Å². The smallest absolute Gasteiger partial charge is 0.545 e. The van der Waals surface area contributed by atoms with E-state index in [-0.39, 0.29) is 61.2 Å². The predicted molar refractivity (Wildman–Crippen MR) is 199 cm³/mol. The normalized spacial score (nSPS) is 9.72. The Morgan fingerprint density at radius 3 is 0.694 bits per heavy atom.